The molecule has 0 unspecified atom stereocenters. The van der Waals surface area contributed by atoms with Gasteiger partial charge in [-0.1, -0.05) is 73.4 Å². The number of hydrogen-bond donors (Lipinski definition) is 0. The van der Waals surface area contributed by atoms with Gasteiger partial charge in [-0.15, -0.1) is 0 Å². The molecule has 1 aliphatic heterocycles. The molecule has 5 rings (SSSR count). The summed E-state index contributed by atoms with van der Waals surface area (Å²) in [6.07, 6.45) is 1.30. The number of halogens is 3. The summed E-state index contributed by atoms with van der Waals surface area (Å²) in [7, 11) is 0. The summed E-state index contributed by atoms with van der Waals surface area (Å²) in [5, 5.41) is 2.01. The maximum absolute atomic E-state index is 14.4. The molecule has 1 atom stereocenters. The first kappa shape index (κ1) is 29.7. The topological polar surface area (TPSA) is 49.9 Å². The van der Waals surface area contributed by atoms with E-state index < -0.39 is 5.56 Å². The molecule has 214 valence electrons. The fraction of sp³-hybridized carbons (Fsp3) is 0.242. The summed E-state index contributed by atoms with van der Waals surface area (Å²) < 4.78 is 1.62. The number of pyridine rings is 1. The van der Waals surface area contributed by atoms with Crippen molar-refractivity contribution in [2.45, 2.75) is 32.7 Å². The quantitative estimate of drug-likeness (QED) is 0.166. The first-order chi connectivity index (χ1) is 20.0. The SMILES string of the molecule is [C-]#[N+]c1c(N2CCN(C(=O)C=C)C[C@@H]2C)c2cc(Cl)c(-c3cc(Cl)cc(Cl)c3)cc2n(-c2ccccc2C(C)C)c1=O. The van der Waals surface area contributed by atoms with Gasteiger partial charge in [0.25, 0.3) is 11.2 Å². The highest BCUT2D eigenvalue weighted by Crippen LogP contribution is 2.42. The van der Waals surface area contributed by atoms with Gasteiger partial charge in [0.1, 0.15) is 0 Å². The number of nitrogens with zero attached hydrogens (tertiary/aromatic N) is 4. The minimum Gasteiger partial charge on any atom is -0.373 e. The van der Waals surface area contributed by atoms with Gasteiger partial charge in [0.15, 0.2) is 0 Å². The van der Waals surface area contributed by atoms with Gasteiger partial charge in [-0.25, -0.2) is 4.85 Å². The molecule has 0 radical (unpaired) electrons. The van der Waals surface area contributed by atoms with Crippen LogP contribution in [-0.4, -0.2) is 41.1 Å². The Balaban J connectivity index is 1.87. The van der Waals surface area contributed by atoms with E-state index in [-0.39, 0.29) is 23.6 Å². The summed E-state index contributed by atoms with van der Waals surface area (Å²) in [6, 6.07) is 16.4. The van der Waals surface area contributed by atoms with E-state index >= 15 is 0 Å². The summed E-state index contributed by atoms with van der Waals surface area (Å²) in [5.41, 5.74) is 3.72. The van der Waals surface area contributed by atoms with E-state index in [0.717, 1.165) is 5.56 Å². The zero-order valence-corrected chi connectivity index (χ0v) is 25.8. The van der Waals surface area contributed by atoms with E-state index in [1.54, 1.807) is 27.7 Å². The van der Waals surface area contributed by atoms with Crippen molar-refractivity contribution < 1.29 is 4.79 Å². The van der Waals surface area contributed by atoms with E-state index in [4.69, 9.17) is 41.4 Å². The highest BCUT2D eigenvalue weighted by atomic mass is 35.5. The van der Waals surface area contributed by atoms with Crippen molar-refractivity contribution in [1.82, 2.24) is 9.47 Å². The van der Waals surface area contributed by atoms with Crippen molar-refractivity contribution >= 4 is 63.0 Å². The summed E-state index contributed by atoms with van der Waals surface area (Å²) in [4.78, 5) is 34.3. The molecular formula is C33H29Cl3N4O2. The number of piperazine rings is 1. The Morgan fingerprint density at radius 2 is 1.76 bits per heavy atom. The Hall–Kier alpha value is -3.76. The van der Waals surface area contributed by atoms with Gasteiger partial charge < -0.3 is 9.80 Å². The third kappa shape index (κ3) is 5.29. The predicted octanol–water partition coefficient (Wildman–Crippen LogP) is 8.52. The number of benzene rings is 3. The second-order valence-corrected chi connectivity index (χ2v) is 12.0. The average molecular weight is 620 g/mol. The van der Waals surface area contributed by atoms with Crippen LogP contribution in [0.1, 0.15) is 32.3 Å². The largest absolute Gasteiger partial charge is 0.373 e. The van der Waals surface area contributed by atoms with Crippen LogP contribution in [0.15, 0.2) is 72.0 Å². The molecule has 0 aliphatic carbocycles. The van der Waals surface area contributed by atoms with Crippen LogP contribution in [0.4, 0.5) is 11.4 Å². The van der Waals surface area contributed by atoms with Gasteiger partial charge in [0, 0.05) is 51.7 Å². The van der Waals surface area contributed by atoms with Gasteiger partial charge in [-0.3, -0.25) is 14.2 Å². The molecule has 0 saturated carbocycles. The average Bonchev–Trinajstić information content (AvgIpc) is 2.95. The minimum atomic E-state index is -0.421. The van der Waals surface area contributed by atoms with E-state index in [2.05, 4.69) is 25.3 Å². The van der Waals surface area contributed by atoms with Gasteiger partial charge >= 0.3 is 0 Å². The molecule has 1 aliphatic rings. The van der Waals surface area contributed by atoms with Crippen LogP contribution in [-0.2, 0) is 4.79 Å². The van der Waals surface area contributed by atoms with Crippen molar-refractivity contribution in [2.75, 3.05) is 24.5 Å². The third-order valence-corrected chi connectivity index (χ3v) is 8.45. The number of rotatable bonds is 5. The van der Waals surface area contributed by atoms with Crippen LogP contribution in [0, 0.1) is 6.57 Å². The fourth-order valence-electron chi connectivity index (χ4n) is 5.74. The Labute approximate surface area is 260 Å². The van der Waals surface area contributed by atoms with Gasteiger partial charge in [-0.2, -0.15) is 0 Å². The van der Waals surface area contributed by atoms with E-state index in [0.29, 0.717) is 68.1 Å². The summed E-state index contributed by atoms with van der Waals surface area (Å²) in [6.45, 7) is 19.2. The molecule has 6 nitrogen and oxygen atoms in total. The number of anilines is 1. The summed E-state index contributed by atoms with van der Waals surface area (Å²) >= 11 is 19.7. The molecule has 3 aromatic carbocycles. The highest BCUT2D eigenvalue weighted by molar-refractivity contribution is 6.36. The first-order valence-electron chi connectivity index (χ1n) is 13.6. The molecule has 2 heterocycles. The lowest BCUT2D eigenvalue weighted by molar-refractivity contribution is -0.126. The van der Waals surface area contributed by atoms with Gasteiger partial charge in [-0.05, 0) is 66.4 Å². The van der Waals surface area contributed by atoms with Crippen molar-refractivity contribution in [3.63, 3.8) is 0 Å². The fourth-order valence-corrected chi connectivity index (χ4v) is 6.54. The molecule has 1 fully saturated rings. The monoisotopic (exact) mass is 618 g/mol. The zero-order chi connectivity index (χ0) is 30.3. The standard InChI is InChI=1S/C33H29Cl3N4O2/c1-6-30(41)38-11-12-39(20(4)18-38)32-26-16-27(36)25(21-13-22(34)15-23(35)14-21)17-29(26)40(33(42)31(32)37-5)28-10-8-7-9-24(28)19(2)3/h6-10,13-17,19-20H,1,11-12,18H2,2-4H3/t20-/m0/s1. The van der Waals surface area contributed by atoms with Crippen molar-refractivity contribution in [2.24, 2.45) is 0 Å². The smallest absolute Gasteiger partial charge is 0.274 e. The lowest BCUT2D eigenvalue weighted by Crippen LogP contribution is -2.53. The van der Waals surface area contributed by atoms with Crippen LogP contribution in [0.2, 0.25) is 15.1 Å². The number of fused-ring (bicyclic) bond motifs is 1. The molecule has 0 bridgehead atoms. The number of carbonyl (C=O) groups is 1. The molecule has 42 heavy (non-hydrogen) atoms. The molecule has 0 N–H and O–H groups in total. The van der Waals surface area contributed by atoms with E-state index in [9.17, 15) is 9.59 Å². The molecule has 9 heteroatoms. The molecule has 0 spiro atoms. The number of hydrogen-bond acceptors (Lipinski definition) is 3. The van der Waals surface area contributed by atoms with Crippen LogP contribution in [0.5, 0.6) is 0 Å². The number of aromatic nitrogens is 1. The van der Waals surface area contributed by atoms with Crippen molar-refractivity contribution in [3.05, 3.63) is 110 Å². The Bertz CT molecular complexity index is 1820. The Morgan fingerprint density at radius 1 is 1.07 bits per heavy atom. The Morgan fingerprint density at radius 3 is 2.38 bits per heavy atom. The lowest BCUT2D eigenvalue weighted by Gasteiger charge is -2.42. The second-order valence-electron chi connectivity index (χ2n) is 10.7. The minimum absolute atomic E-state index is 0.00558. The number of amides is 1. The molecular weight excluding hydrogens is 591 g/mol. The predicted molar refractivity (Wildman–Crippen MR) is 174 cm³/mol. The number of para-hydroxylation sites is 1. The zero-order valence-electron chi connectivity index (χ0n) is 23.5. The first-order valence-corrected chi connectivity index (χ1v) is 14.7. The van der Waals surface area contributed by atoms with Crippen LogP contribution >= 0.6 is 34.8 Å². The lowest BCUT2D eigenvalue weighted by atomic mass is 9.98. The number of carbonyl (C=O) groups excluding carboxylic acids is 1. The highest BCUT2D eigenvalue weighted by Gasteiger charge is 2.31. The molecule has 1 saturated heterocycles. The van der Waals surface area contributed by atoms with Gasteiger partial charge in [0.05, 0.1) is 23.5 Å². The molecule has 1 aromatic heterocycles. The van der Waals surface area contributed by atoms with Gasteiger partial charge in [0.2, 0.25) is 5.91 Å². The molecule has 4 aromatic rings. The Kier molecular flexibility index (Phi) is 8.39. The van der Waals surface area contributed by atoms with Crippen LogP contribution in [0.3, 0.4) is 0 Å². The van der Waals surface area contributed by atoms with Crippen LogP contribution < -0.4 is 10.5 Å². The van der Waals surface area contributed by atoms with Crippen LogP contribution in [0.25, 0.3) is 32.6 Å². The normalized spacial score (nSPS) is 15.2. The second kappa shape index (κ2) is 11.9. The maximum Gasteiger partial charge on any atom is 0.274 e. The summed E-state index contributed by atoms with van der Waals surface area (Å²) in [5.74, 6) is -0.0291. The third-order valence-electron chi connectivity index (χ3n) is 7.70. The molecule has 1 amide bonds. The van der Waals surface area contributed by atoms with E-state index in [1.807, 2.05) is 48.2 Å². The van der Waals surface area contributed by atoms with Crippen molar-refractivity contribution in [1.29, 1.82) is 0 Å². The van der Waals surface area contributed by atoms with E-state index in [1.165, 1.54) is 6.08 Å². The van der Waals surface area contributed by atoms with Crippen molar-refractivity contribution in [3.8, 4) is 16.8 Å². The maximum atomic E-state index is 14.4.